The van der Waals surface area contributed by atoms with Gasteiger partial charge < -0.3 is 5.11 Å². The highest BCUT2D eigenvalue weighted by molar-refractivity contribution is 6.04. The zero-order chi connectivity index (χ0) is 14.4. The molecule has 0 bridgehead atoms. The van der Waals surface area contributed by atoms with E-state index in [1.54, 1.807) is 0 Å². The molecule has 1 aromatic heterocycles. The van der Waals surface area contributed by atoms with Crippen LogP contribution in [0.1, 0.15) is 47.3 Å². The molecule has 1 heterocycles. The van der Waals surface area contributed by atoms with E-state index in [1.165, 1.54) is 0 Å². The topological polar surface area (TPSA) is 50.2 Å². The van der Waals surface area contributed by atoms with Crippen LogP contribution < -0.4 is 0 Å². The predicted molar refractivity (Wildman–Crippen MR) is 70.0 cm³/mol. The van der Waals surface area contributed by atoms with Gasteiger partial charge in [0.2, 0.25) is 0 Å². The maximum Gasteiger partial charge on any atom is 0.336 e. The summed E-state index contributed by atoms with van der Waals surface area (Å²) in [5.41, 5.74) is 1.27. The van der Waals surface area contributed by atoms with E-state index < -0.39 is 17.6 Å². The van der Waals surface area contributed by atoms with E-state index >= 15 is 0 Å². The van der Waals surface area contributed by atoms with Crippen LogP contribution in [-0.4, -0.2) is 16.1 Å². The van der Waals surface area contributed by atoms with Gasteiger partial charge in [-0.25, -0.2) is 13.6 Å². The number of benzene rings is 1. The van der Waals surface area contributed by atoms with Crippen molar-refractivity contribution >= 4 is 16.9 Å². The number of carboxylic acid groups (broad SMARTS) is 1. The number of aromatic nitrogens is 1. The fourth-order valence-corrected chi connectivity index (χ4v) is 2.99. The van der Waals surface area contributed by atoms with E-state index in [-0.39, 0.29) is 22.4 Å². The first kappa shape index (κ1) is 13.0. The molecule has 1 aromatic carbocycles. The molecule has 0 spiro atoms. The molecule has 0 radical (unpaired) electrons. The van der Waals surface area contributed by atoms with Crippen molar-refractivity contribution in [2.24, 2.45) is 0 Å². The molecular weight excluding hydrogens is 264 g/mol. The molecule has 0 saturated carbocycles. The van der Waals surface area contributed by atoms with Gasteiger partial charge in [0.25, 0.3) is 0 Å². The Balaban J connectivity index is 2.47. The molecule has 1 unspecified atom stereocenters. The van der Waals surface area contributed by atoms with Crippen molar-refractivity contribution < 1.29 is 18.7 Å². The van der Waals surface area contributed by atoms with Crippen molar-refractivity contribution in [1.82, 2.24) is 4.98 Å². The molecule has 1 N–H and O–H groups in total. The summed E-state index contributed by atoms with van der Waals surface area (Å²) in [6, 6.07) is 1.79. The van der Waals surface area contributed by atoms with Crippen LogP contribution in [0, 0.1) is 11.6 Å². The highest BCUT2D eigenvalue weighted by Gasteiger charge is 2.27. The van der Waals surface area contributed by atoms with E-state index in [2.05, 4.69) is 4.98 Å². The van der Waals surface area contributed by atoms with Gasteiger partial charge in [0, 0.05) is 17.8 Å². The number of hydrogen-bond acceptors (Lipinski definition) is 2. The Bertz CT molecular complexity index is 728. The Morgan fingerprint density at radius 3 is 2.85 bits per heavy atom. The van der Waals surface area contributed by atoms with Gasteiger partial charge in [0.15, 0.2) is 0 Å². The number of carbonyl (C=O) groups is 1. The van der Waals surface area contributed by atoms with Crippen molar-refractivity contribution in [2.45, 2.75) is 32.1 Å². The van der Waals surface area contributed by atoms with Gasteiger partial charge in [-0.1, -0.05) is 6.92 Å². The van der Waals surface area contributed by atoms with Crippen LogP contribution in [-0.2, 0) is 6.42 Å². The van der Waals surface area contributed by atoms with Crippen molar-refractivity contribution in [2.75, 3.05) is 0 Å². The Kier molecular flexibility index (Phi) is 2.92. The molecule has 1 aliphatic carbocycles. The minimum atomic E-state index is -1.19. The minimum absolute atomic E-state index is 0.0611. The third-order valence-corrected chi connectivity index (χ3v) is 3.88. The summed E-state index contributed by atoms with van der Waals surface area (Å²) in [7, 11) is 0. The largest absolute Gasteiger partial charge is 0.478 e. The average Bonchev–Trinajstić information content (AvgIpc) is 2.37. The second-order valence-electron chi connectivity index (χ2n) is 5.23. The third kappa shape index (κ3) is 1.85. The zero-order valence-electron chi connectivity index (χ0n) is 10.9. The molecule has 0 fully saturated rings. The SMILES string of the molecule is CC1CCCc2c1nc1cc(F)cc(F)c1c2C(=O)O. The first-order chi connectivity index (χ1) is 9.49. The molecule has 1 atom stereocenters. The second-order valence-corrected chi connectivity index (χ2v) is 5.23. The molecule has 104 valence electrons. The van der Waals surface area contributed by atoms with E-state index in [4.69, 9.17) is 0 Å². The van der Waals surface area contributed by atoms with E-state index in [9.17, 15) is 18.7 Å². The summed E-state index contributed by atoms with van der Waals surface area (Å²) in [5, 5.41) is 9.34. The molecular formula is C15H13F2NO2. The van der Waals surface area contributed by atoms with Crippen LogP contribution in [0.4, 0.5) is 8.78 Å². The van der Waals surface area contributed by atoms with Crippen LogP contribution in [0.25, 0.3) is 10.9 Å². The number of fused-ring (bicyclic) bond motifs is 2. The maximum atomic E-state index is 14.0. The van der Waals surface area contributed by atoms with Gasteiger partial charge in [0.1, 0.15) is 11.6 Å². The Hall–Kier alpha value is -2.04. The van der Waals surface area contributed by atoms with Gasteiger partial charge >= 0.3 is 5.97 Å². The number of nitrogens with zero attached hydrogens (tertiary/aromatic N) is 1. The number of rotatable bonds is 1. The van der Waals surface area contributed by atoms with Gasteiger partial charge in [-0.15, -0.1) is 0 Å². The fraction of sp³-hybridized carbons (Fsp3) is 0.333. The molecule has 5 heteroatoms. The lowest BCUT2D eigenvalue weighted by molar-refractivity contribution is 0.0697. The normalized spacial score (nSPS) is 18.1. The lowest BCUT2D eigenvalue weighted by Gasteiger charge is -2.24. The molecule has 2 aromatic rings. The van der Waals surface area contributed by atoms with Gasteiger partial charge in [0.05, 0.1) is 16.5 Å². The summed E-state index contributed by atoms with van der Waals surface area (Å²) < 4.78 is 27.3. The van der Waals surface area contributed by atoms with Crippen molar-refractivity contribution in [3.8, 4) is 0 Å². The first-order valence-electron chi connectivity index (χ1n) is 6.54. The number of carboxylic acids is 1. The lowest BCUT2D eigenvalue weighted by atomic mass is 9.84. The smallest absolute Gasteiger partial charge is 0.336 e. The predicted octanol–water partition coefficient (Wildman–Crippen LogP) is 3.65. The number of aromatic carboxylic acids is 1. The van der Waals surface area contributed by atoms with Crippen LogP contribution in [0.2, 0.25) is 0 Å². The van der Waals surface area contributed by atoms with Crippen LogP contribution in [0.5, 0.6) is 0 Å². The van der Waals surface area contributed by atoms with Crippen LogP contribution in [0.3, 0.4) is 0 Å². The molecule has 1 aliphatic rings. The summed E-state index contributed by atoms with van der Waals surface area (Å²) in [5.74, 6) is -2.70. The number of halogens is 2. The highest BCUT2D eigenvalue weighted by Crippen LogP contribution is 2.36. The monoisotopic (exact) mass is 277 g/mol. The Morgan fingerprint density at radius 2 is 2.15 bits per heavy atom. The Labute approximate surface area is 114 Å². The van der Waals surface area contributed by atoms with Gasteiger partial charge in [-0.2, -0.15) is 0 Å². The quantitative estimate of drug-likeness (QED) is 0.865. The molecule has 3 nitrogen and oxygen atoms in total. The van der Waals surface area contributed by atoms with Gasteiger partial charge in [-0.05, 0) is 30.7 Å². The molecule has 20 heavy (non-hydrogen) atoms. The van der Waals surface area contributed by atoms with Crippen LogP contribution >= 0.6 is 0 Å². The van der Waals surface area contributed by atoms with Crippen molar-refractivity contribution in [1.29, 1.82) is 0 Å². The fourth-order valence-electron chi connectivity index (χ4n) is 2.99. The summed E-state index contributed by atoms with van der Waals surface area (Å²) >= 11 is 0. The standard InChI is InChI=1S/C15H13F2NO2/c1-7-3-2-4-9-12(15(19)20)13-10(17)5-8(16)6-11(13)18-14(7)9/h5-7H,2-4H2,1H3,(H,19,20). The van der Waals surface area contributed by atoms with Crippen molar-refractivity contribution in [3.05, 3.63) is 40.6 Å². The van der Waals surface area contributed by atoms with Gasteiger partial charge in [-0.3, -0.25) is 4.98 Å². The first-order valence-corrected chi connectivity index (χ1v) is 6.54. The second kappa shape index (κ2) is 4.51. The lowest BCUT2D eigenvalue weighted by Crippen LogP contribution is -2.16. The number of hydrogen-bond donors (Lipinski definition) is 1. The summed E-state index contributed by atoms with van der Waals surface area (Å²) in [6.45, 7) is 1.96. The Morgan fingerprint density at radius 1 is 1.40 bits per heavy atom. The molecule has 3 rings (SSSR count). The number of pyridine rings is 1. The maximum absolute atomic E-state index is 14.0. The van der Waals surface area contributed by atoms with E-state index in [0.29, 0.717) is 23.7 Å². The summed E-state index contributed by atoms with van der Waals surface area (Å²) in [4.78, 5) is 15.9. The molecule has 0 aliphatic heterocycles. The zero-order valence-corrected chi connectivity index (χ0v) is 10.9. The average molecular weight is 277 g/mol. The molecule has 0 saturated heterocycles. The third-order valence-electron chi connectivity index (χ3n) is 3.88. The van der Waals surface area contributed by atoms with Crippen LogP contribution in [0.15, 0.2) is 12.1 Å². The van der Waals surface area contributed by atoms with E-state index in [1.807, 2.05) is 6.92 Å². The summed E-state index contributed by atoms with van der Waals surface area (Å²) in [6.07, 6.45) is 2.33. The highest BCUT2D eigenvalue weighted by atomic mass is 19.1. The van der Waals surface area contributed by atoms with E-state index in [0.717, 1.165) is 18.9 Å². The van der Waals surface area contributed by atoms with Crippen molar-refractivity contribution in [3.63, 3.8) is 0 Å². The minimum Gasteiger partial charge on any atom is -0.478 e. The molecule has 0 amide bonds.